The monoisotopic (exact) mass is 285 g/mol. The zero-order chi connectivity index (χ0) is 15.3. The van der Waals surface area contributed by atoms with Gasteiger partial charge in [-0.3, -0.25) is 4.79 Å². The molecular formula is C14H17F2NO3. The molecule has 0 spiro atoms. The number of carbonyl (C=O) groups excluding carboxylic acids is 1. The largest absolute Gasteiger partial charge is 0.478 e. The highest BCUT2D eigenvalue weighted by Gasteiger charge is 2.21. The minimum absolute atomic E-state index is 0.0230. The Morgan fingerprint density at radius 2 is 1.75 bits per heavy atom. The molecule has 0 bridgehead atoms. The van der Waals surface area contributed by atoms with E-state index in [1.165, 1.54) is 24.3 Å². The van der Waals surface area contributed by atoms with Gasteiger partial charge >= 0.3 is 5.97 Å². The molecule has 0 saturated carbocycles. The van der Waals surface area contributed by atoms with Crippen LogP contribution in [0.3, 0.4) is 0 Å². The molecule has 0 heterocycles. The third-order valence-corrected chi connectivity index (χ3v) is 2.83. The van der Waals surface area contributed by atoms with Gasteiger partial charge in [0.15, 0.2) is 0 Å². The molecule has 0 fully saturated rings. The van der Waals surface area contributed by atoms with Crippen LogP contribution in [-0.2, 0) is 11.2 Å². The first-order chi connectivity index (χ1) is 9.31. The lowest BCUT2D eigenvalue weighted by Crippen LogP contribution is -2.41. The lowest BCUT2D eigenvalue weighted by Gasteiger charge is -2.26. The fourth-order valence-corrected chi connectivity index (χ4v) is 1.79. The number of rotatable bonds is 6. The molecule has 0 unspecified atom stereocenters. The second-order valence-corrected chi connectivity index (χ2v) is 4.71. The first-order valence-corrected chi connectivity index (χ1v) is 6.21. The van der Waals surface area contributed by atoms with Gasteiger partial charge < -0.3 is 10.0 Å². The van der Waals surface area contributed by atoms with Crippen LogP contribution in [0.25, 0.3) is 0 Å². The standard InChI is InChI=1S/C14H17F2NO3/c1-9(2)17(8-12(15)16)13(18)7-10-3-5-11(6-4-10)14(19)20/h3-6,9,12H,7-8H2,1-2H3,(H,19,20). The van der Waals surface area contributed by atoms with Crippen LogP contribution in [0.4, 0.5) is 8.78 Å². The molecule has 0 saturated heterocycles. The van der Waals surface area contributed by atoms with Crippen molar-refractivity contribution in [1.82, 2.24) is 4.90 Å². The van der Waals surface area contributed by atoms with Crippen molar-refractivity contribution in [2.45, 2.75) is 32.7 Å². The predicted octanol–water partition coefficient (Wildman–Crippen LogP) is 2.43. The van der Waals surface area contributed by atoms with Crippen LogP contribution in [0.1, 0.15) is 29.8 Å². The van der Waals surface area contributed by atoms with Crippen molar-refractivity contribution < 1.29 is 23.5 Å². The molecule has 110 valence electrons. The number of nitrogens with zero attached hydrogens (tertiary/aromatic N) is 1. The van der Waals surface area contributed by atoms with Crippen molar-refractivity contribution in [1.29, 1.82) is 0 Å². The predicted molar refractivity (Wildman–Crippen MR) is 70.0 cm³/mol. The maximum absolute atomic E-state index is 12.4. The number of amides is 1. The van der Waals surface area contributed by atoms with Crippen molar-refractivity contribution in [3.63, 3.8) is 0 Å². The number of carbonyl (C=O) groups is 2. The summed E-state index contributed by atoms with van der Waals surface area (Å²) in [5, 5.41) is 8.76. The second kappa shape index (κ2) is 6.98. The fourth-order valence-electron chi connectivity index (χ4n) is 1.79. The summed E-state index contributed by atoms with van der Waals surface area (Å²) >= 11 is 0. The highest BCUT2D eigenvalue weighted by atomic mass is 19.3. The van der Waals surface area contributed by atoms with Crippen LogP contribution in [0.15, 0.2) is 24.3 Å². The summed E-state index contributed by atoms with van der Waals surface area (Å²) in [6.45, 7) is 2.76. The summed E-state index contributed by atoms with van der Waals surface area (Å²) in [5.74, 6) is -1.45. The molecule has 0 aliphatic rings. The number of hydrogen-bond donors (Lipinski definition) is 1. The summed E-state index contributed by atoms with van der Waals surface area (Å²) in [6, 6.07) is 5.50. The Morgan fingerprint density at radius 1 is 1.20 bits per heavy atom. The number of alkyl halides is 2. The van der Waals surface area contributed by atoms with Gasteiger partial charge in [0.1, 0.15) is 0 Å². The quantitative estimate of drug-likeness (QED) is 0.873. The Kier molecular flexibility index (Phi) is 5.61. The van der Waals surface area contributed by atoms with E-state index in [0.29, 0.717) is 5.56 Å². The topological polar surface area (TPSA) is 57.6 Å². The number of hydrogen-bond acceptors (Lipinski definition) is 2. The van der Waals surface area contributed by atoms with Crippen LogP contribution in [-0.4, -0.2) is 40.9 Å². The molecule has 0 aromatic heterocycles. The minimum Gasteiger partial charge on any atom is -0.478 e. The van der Waals surface area contributed by atoms with Crippen LogP contribution < -0.4 is 0 Å². The van der Waals surface area contributed by atoms with Crippen LogP contribution in [0.2, 0.25) is 0 Å². The van der Waals surface area contributed by atoms with Crippen LogP contribution in [0, 0.1) is 0 Å². The number of carboxylic acid groups (broad SMARTS) is 1. The average Bonchev–Trinajstić information content (AvgIpc) is 2.35. The molecule has 6 heteroatoms. The molecule has 0 aliphatic heterocycles. The average molecular weight is 285 g/mol. The zero-order valence-corrected chi connectivity index (χ0v) is 11.3. The van der Waals surface area contributed by atoms with Crippen molar-refractivity contribution in [2.75, 3.05) is 6.54 Å². The summed E-state index contributed by atoms with van der Waals surface area (Å²) in [6.07, 6.45) is -2.60. The van der Waals surface area contributed by atoms with Crippen molar-refractivity contribution in [3.05, 3.63) is 35.4 Å². The van der Waals surface area contributed by atoms with E-state index >= 15 is 0 Å². The molecule has 1 aromatic carbocycles. The van der Waals surface area contributed by atoms with Gasteiger partial charge in [0.25, 0.3) is 6.43 Å². The molecule has 20 heavy (non-hydrogen) atoms. The molecule has 0 atom stereocenters. The lowest BCUT2D eigenvalue weighted by atomic mass is 10.1. The maximum atomic E-state index is 12.4. The first-order valence-electron chi connectivity index (χ1n) is 6.21. The van der Waals surface area contributed by atoms with Gasteiger partial charge in [-0.25, -0.2) is 13.6 Å². The smallest absolute Gasteiger partial charge is 0.335 e. The van der Waals surface area contributed by atoms with Gasteiger partial charge in [-0.1, -0.05) is 12.1 Å². The Labute approximate surface area is 116 Å². The zero-order valence-electron chi connectivity index (χ0n) is 11.3. The van der Waals surface area contributed by atoms with Crippen molar-refractivity contribution >= 4 is 11.9 Å². The third kappa shape index (κ3) is 4.60. The maximum Gasteiger partial charge on any atom is 0.335 e. The van der Waals surface area contributed by atoms with E-state index in [1.807, 2.05) is 0 Å². The summed E-state index contributed by atoms with van der Waals surface area (Å²) in [7, 11) is 0. The Morgan fingerprint density at radius 3 is 2.15 bits per heavy atom. The normalized spacial score (nSPS) is 10.9. The Balaban J connectivity index is 2.75. The number of halogens is 2. The van der Waals surface area contributed by atoms with E-state index in [9.17, 15) is 18.4 Å². The van der Waals surface area contributed by atoms with E-state index in [-0.39, 0.29) is 18.0 Å². The highest BCUT2D eigenvalue weighted by Crippen LogP contribution is 2.10. The minimum atomic E-state index is -2.57. The summed E-state index contributed by atoms with van der Waals surface area (Å²) < 4.78 is 24.9. The van der Waals surface area contributed by atoms with Gasteiger partial charge in [0.2, 0.25) is 5.91 Å². The van der Waals surface area contributed by atoms with Crippen molar-refractivity contribution in [2.24, 2.45) is 0 Å². The molecule has 0 aliphatic carbocycles. The number of carboxylic acids is 1. The highest BCUT2D eigenvalue weighted by molar-refractivity contribution is 5.87. The summed E-state index contributed by atoms with van der Waals surface area (Å²) in [4.78, 5) is 23.8. The molecule has 0 radical (unpaired) electrons. The molecule has 1 amide bonds. The molecule has 1 N–H and O–H groups in total. The van der Waals surface area contributed by atoms with E-state index < -0.39 is 24.8 Å². The van der Waals surface area contributed by atoms with Crippen molar-refractivity contribution in [3.8, 4) is 0 Å². The number of aromatic carboxylic acids is 1. The van der Waals surface area contributed by atoms with E-state index in [4.69, 9.17) is 5.11 Å². The van der Waals surface area contributed by atoms with Gasteiger partial charge in [-0.05, 0) is 31.5 Å². The van der Waals surface area contributed by atoms with E-state index in [0.717, 1.165) is 4.90 Å². The van der Waals surface area contributed by atoms with Gasteiger partial charge in [0, 0.05) is 6.04 Å². The molecular weight excluding hydrogens is 268 g/mol. The lowest BCUT2D eigenvalue weighted by molar-refractivity contribution is -0.134. The molecule has 4 nitrogen and oxygen atoms in total. The molecule has 1 rings (SSSR count). The third-order valence-electron chi connectivity index (χ3n) is 2.83. The number of benzene rings is 1. The second-order valence-electron chi connectivity index (χ2n) is 4.71. The Hall–Kier alpha value is -1.98. The SMILES string of the molecule is CC(C)N(CC(F)F)C(=O)Cc1ccc(C(=O)O)cc1. The van der Waals surface area contributed by atoms with E-state index in [2.05, 4.69) is 0 Å². The van der Waals surface area contributed by atoms with Crippen LogP contribution in [0.5, 0.6) is 0 Å². The van der Waals surface area contributed by atoms with Crippen LogP contribution >= 0.6 is 0 Å². The fraction of sp³-hybridized carbons (Fsp3) is 0.429. The van der Waals surface area contributed by atoms with Gasteiger partial charge in [0.05, 0.1) is 18.5 Å². The first kappa shape index (κ1) is 16.1. The summed E-state index contributed by atoms with van der Waals surface area (Å²) in [5.41, 5.74) is 0.717. The van der Waals surface area contributed by atoms with Gasteiger partial charge in [-0.15, -0.1) is 0 Å². The Bertz CT molecular complexity index is 472. The van der Waals surface area contributed by atoms with Gasteiger partial charge in [-0.2, -0.15) is 0 Å². The molecule has 1 aromatic rings. The van der Waals surface area contributed by atoms with E-state index in [1.54, 1.807) is 13.8 Å².